The first-order chi connectivity index (χ1) is 7.38. The maximum absolute atomic E-state index is 7.21. The second-order valence-corrected chi connectivity index (χ2v) is 4.95. The summed E-state index contributed by atoms with van der Waals surface area (Å²) in [6, 6.07) is 8.19. The zero-order valence-corrected chi connectivity index (χ0v) is 8.82. The van der Waals surface area contributed by atoms with Crippen LogP contribution in [0.4, 0.5) is 5.69 Å². The van der Waals surface area contributed by atoms with E-state index < -0.39 is 0 Å². The smallest absolute Gasteiger partial charge is 0.190 e. The normalized spacial score (nSPS) is 32.9. The molecule has 76 valence electrons. The lowest BCUT2D eigenvalue weighted by atomic mass is 9.83. The van der Waals surface area contributed by atoms with Gasteiger partial charge in [0.05, 0.1) is 6.57 Å². The molecular formula is C14H15N. The van der Waals surface area contributed by atoms with Gasteiger partial charge in [0, 0.05) is 0 Å². The number of benzene rings is 1. The quantitative estimate of drug-likeness (QED) is 0.596. The Morgan fingerprint density at radius 1 is 1.13 bits per heavy atom. The van der Waals surface area contributed by atoms with Gasteiger partial charge >= 0.3 is 0 Å². The van der Waals surface area contributed by atoms with Crippen molar-refractivity contribution >= 4 is 5.69 Å². The van der Waals surface area contributed by atoms with E-state index in [1.54, 1.807) is 0 Å². The highest BCUT2D eigenvalue weighted by atomic mass is 14.7. The van der Waals surface area contributed by atoms with E-state index in [0.717, 1.165) is 17.5 Å². The molecule has 2 aliphatic rings. The van der Waals surface area contributed by atoms with Gasteiger partial charge in [-0.05, 0) is 42.6 Å². The van der Waals surface area contributed by atoms with Crippen molar-refractivity contribution < 1.29 is 0 Å². The molecule has 2 bridgehead atoms. The first-order valence-corrected chi connectivity index (χ1v) is 5.85. The molecule has 2 saturated carbocycles. The van der Waals surface area contributed by atoms with Crippen LogP contribution in [0.1, 0.15) is 37.2 Å². The molecule has 3 atom stereocenters. The summed E-state index contributed by atoms with van der Waals surface area (Å²) in [5, 5.41) is 0. The fourth-order valence-corrected chi connectivity index (χ4v) is 3.53. The van der Waals surface area contributed by atoms with Crippen molar-refractivity contribution in [1.29, 1.82) is 0 Å². The molecule has 0 radical (unpaired) electrons. The van der Waals surface area contributed by atoms with Crippen LogP contribution >= 0.6 is 0 Å². The molecular weight excluding hydrogens is 182 g/mol. The number of nitrogens with zero attached hydrogens (tertiary/aromatic N) is 1. The Kier molecular flexibility index (Phi) is 2.02. The monoisotopic (exact) mass is 197 g/mol. The first kappa shape index (κ1) is 8.97. The summed E-state index contributed by atoms with van der Waals surface area (Å²) in [5.74, 6) is 2.52. The van der Waals surface area contributed by atoms with Crippen LogP contribution in [0.5, 0.6) is 0 Å². The van der Waals surface area contributed by atoms with Crippen LogP contribution in [-0.4, -0.2) is 0 Å². The van der Waals surface area contributed by atoms with Gasteiger partial charge in [-0.1, -0.05) is 30.7 Å². The van der Waals surface area contributed by atoms with Crippen LogP contribution in [0.2, 0.25) is 0 Å². The van der Waals surface area contributed by atoms with E-state index in [9.17, 15) is 0 Å². The van der Waals surface area contributed by atoms with Gasteiger partial charge in [-0.2, -0.15) is 0 Å². The van der Waals surface area contributed by atoms with Crippen LogP contribution in [0, 0.1) is 18.4 Å². The Balaban J connectivity index is 1.97. The predicted octanol–water partition coefficient (Wildman–Crippen LogP) is 4.14. The third-order valence-electron chi connectivity index (χ3n) is 4.19. The lowest BCUT2D eigenvalue weighted by Gasteiger charge is -2.23. The average molecular weight is 197 g/mol. The number of fused-ring (bicyclic) bond motifs is 2. The summed E-state index contributed by atoms with van der Waals surface area (Å²) >= 11 is 0. The first-order valence-electron chi connectivity index (χ1n) is 5.85. The van der Waals surface area contributed by atoms with Crippen molar-refractivity contribution in [2.24, 2.45) is 11.8 Å². The Bertz CT molecular complexity index is 416. The average Bonchev–Trinajstić information content (AvgIpc) is 2.90. The van der Waals surface area contributed by atoms with Gasteiger partial charge in [0.2, 0.25) is 0 Å². The van der Waals surface area contributed by atoms with E-state index in [0.29, 0.717) is 5.92 Å². The SMILES string of the molecule is [C-]#[N+]c1ccccc1C1CC2CCC1C2. The van der Waals surface area contributed by atoms with E-state index in [2.05, 4.69) is 17.0 Å². The second-order valence-electron chi connectivity index (χ2n) is 4.95. The highest BCUT2D eigenvalue weighted by Gasteiger charge is 2.40. The lowest BCUT2D eigenvalue weighted by Crippen LogP contribution is -2.08. The molecule has 2 fully saturated rings. The van der Waals surface area contributed by atoms with Gasteiger partial charge < -0.3 is 0 Å². The molecule has 1 nitrogen and oxygen atoms in total. The van der Waals surface area contributed by atoms with Crippen molar-refractivity contribution in [3.8, 4) is 0 Å². The Morgan fingerprint density at radius 3 is 2.67 bits per heavy atom. The van der Waals surface area contributed by atoms with E-state index in [1.807, 2.05) is 12.1 Å². The largest absolute Gasteiger partial charge is 0.238 e. The van der Waals surface area contributed by atoms with E-state index in [4.69, 9.17) is 6.57 Å². The predicted molar refractivity (Wildman–Crippen MR) is 60.9 cm³/mol. The summed E-state index contributed by atoms with van der Waals surface area (Å²) in [4.78, 5) is 3.65. The molecule has 0 aliphatic heterocycles. The van der Waals surface area contributed by atoms with Gasteiger partial charge in [0.25, 0.3) is 0 Å². The summed E-state index contributed by atoms with van der Waals surface area (Å²) in [5.41, 5.74) is 2.20. The van der Waals surface area contributed by atoms with Crippen LogP contribution in [0.25, 0.3) is 4.85 Å². The summed E-state index contributed by atoms with van der Waals surface area (Å²) < 4.78 is 0. The molecule has 0 heterocycles. The third-order valence-corrected chi connectivity index (χ3v) is 4.19. The number of rotatable bonds is 1. The van der Waals surface area contributed by atoms with E-state index >= 15 is 0 Å². The molecule has 1 aromatic carbocycles. The van der Waals surface area contributed by atoms with Gasteiger partial charge in [-0.25, -0.2) is 4.85 Å². The van der Waals surface area contributed by atoms with Crippen molar-refractivity contribution in [2.45, 2.75) is 31.6 Å². The highest BCUT2D eigenvalue weighted by Crippen LogP contribution is 2.54. The van der Waals surface area contributed by atoms with Crippen LogP contribution in [-0.2, 0) is 0 Å². The maximum Gasteiger partial charge on any atom is 0.190 e. The molecule has 1 aromatic rings. The minimum absolute atomic E-state index is 0.689. The molecule has 3 unspecified atom stereocenters. The lowest BCUT2D eigenvalue weighted by molar-refractivity contribution is 0.421. The van der Waals surface area contributed by atoms with Crippen molar-refractivity contribution in [2.75, 3.05) is 0 Å². The Labute approximate surface area is 90.9 Å². The Morgan fingerprint density at radius 2 is 2.00 bits per heavy atom. The molecule has 1 heteroatoms. The summed E-state index contributed by atoms with van der Waals surface area (Å²) in [6.45, 7) is 7.21. The molecule has 0 spiro atoms. The van der Waals surface area contributed by atoms with Crippen molar-refractivity contribution in [3.63, 3.8) is 0 Å². The molecule has 0 N–H and O–H groups in total. The standard InChI is InChI=1S/C14H15N/c1-15-14-5-3-2-4-12(14)13-9-10-6-7-11(13)8-10/h2-5,10-11,13H,6-9H2. The van der Waals surface area contributed by atoms with Gasteiger partial charge in [0.15, 0.2) is 5.69 Å². The third kappa shape index (κ3) is 1.36. The number of hydrogen-bond donors (Lipinski definition) is 0. The summed E-state index contributed by atoms with van der Waals surface area (Å²) in [7, 11) is 0. The van der Waals surface area contributed by atoms with Crippen LogP contribution < -0.4 is 0 Å². The molecule has 0 aromatic heterocycles. The van der Waals surface area contributed by atoms with E-state index in [1.165, 1.54) is 31.2 Å². The topological polar surface area (TPSA) is 4.36 Å². The zero-order chi connectivity index (χ0) is 10.3. The number of para-hydroxylation sites is 1. The molecule has 2 aliphatic carbocycles. The number of hydrogen-bond acceptors (Lipinski definition) is 0. The molecule has 15 heavy (non-hydrogen) atoms. The minimum Gasteiger partial charge on any atom is -0.238 e. The van der Waals surface area contributed by atoms with Crippen molar-refractivity contribution in [3.05, 3.63) is 41.2 Å². The van der Waals surface area contributed by atoms with Gasteiger partial charge in [-0.15, -0.1) is 0 Å². The van der Waals surface area contributed by atoms with Crippen LogP contribution in [0.15, 0.2) is 24.3 Å². The van der Waals surface area contributed by atoms with Gasteiger partial charge in [0.1, 0.15) is 0 Å². The maximum atomic E-state index is 7.21. The van der Waals surface area contributed by atoms with E-state index in [-0.39, 0.29) is 0 Å². The van der Waals surface area contributed by atoms with Crippen LogP contribution in [0.3, 0.4) is 0 Å². The van der Waals surface area contributed by atoms with Crippen molar-refractivity contribution in [1.82, 2.24) is 0 Å². The Hall–Kier alpha value is -1.29. The fourth-order valence-electron chi connectivity index (χ4n) is 3.53. The zero-order valence-electron chi connectivity index (χ0n) is 8.82. The fraction of sp³-hybridized carbons (Fsp3) is 0.500. The van der Waals surface area contributed by atoms with Gasteiger partial charge in [-0.3, -0.25) is 0 Å². The minimum atomic E-state index is 0.689. The molecule has 0 saturated heterocycles. The molecule has 3 rings (SSSR count). The summed E-state index contributed by atoms with van der Waals surface area (Å²) in [6.07, 6.45) is 5.57. The highest BCUT2D eigenvalue weighted by molar-refractivity contribution is 5.54. The second kappa shape index (κ2) is 3.38. The molecule has 0 amide bonds.